The maximum Gasteiger partial charge on any atom is 0.240 e. The number of carbonyl (C=O) groups is 1. The number of nitrogens with zero attached hydrogens (tertiary/aromatic N) is 1. The van der Waals surface area contributed by atoms with Crippen molar-refractivity contribution in [3.63, 3.8) is 0 Å². The highest BCUT2D eigenvalue weighted by Crippen LogP contribution is 2.31. The van der Waals surface area contributed by atoms with E-state index in [4.69, 9.17) is 0 Å². The third-order valence-electron chi connectivity index (χ3n) is 4.97. The normalized spacial score (nSPS) is 26.1. The minimum atomic E-state index is -2.92. The van der Waals surface area contributed by atoms with E-state index in [9.17, 15) is 13.2 Å². The van der Waals surface area contributed by atoms with Gasteiger partial charge in [0.1, 0.15) is 0 Å². The van der Waals surface area contributed by atoms with Gasteiger partial charge in [0.15, 0.2) is 9.84 Å². The average Bonchev–Trinajstić information content (AvgIpc) is 2.93. The summed E-state index contributed by atoms with van der Waals surface area (Å²) in [5.74, 6) is 0.694. The van der Waals surface area contributed by atoms with Gasteiger partial charge in [0.25, 0.3) is 0 Å². The second-order valence-corrected chi connectivity index (χ2v) is 9.10. The lowest BCUT2D eigenvalue weighted by Gasteiger charge is -2.23. The number of benzene rings is 1. The minimum Gasteiger partial charge on any atom is -0.273 e. The zero-order valence-electron chi connectivity index (χ0n) is 13.8. The summed E-state index contributed by atoms with van der Waals surface area (Å²) in [4.78, 5) is 11.9. The molecule has 24 heavy (non-hydrogen) atoms. The van der Waals surface area contributed by atoms with Crippen LogP contribution in [-0.2, 0) is 14.6 Å². The molecule has 2 aliphatic rings. The topological polar surface area (TPSA) is 75.6 Å². The molecule has 0 spiro atoms. The van der Waals surface area contributed by atoms with E-state index in [-0.39, 0.29) is 29.8 Å². The molecular formula is C18H24N2O3S. The second kappa shape index (κ2) is 7.47. The zero-order valence-corrected chi connectivity index (χ0v) is 14.6. The first-order valence-corrected chi connectivity index (χ1v) is 10.4. The Bertz CT molecular complexity index is 703. The summed E-state index contributed by atoms with van der Waals surface area (Å²) in [5, 5.41) is 4.26. The molecule has 1 amide bonds. The van der Waals surface area contributed by atoms with Gasteiger partial charge in [-0.3, -0.25) is 4.79 Å². The lowest BCUT2D eigenvalue weighted by molar-refractivity contribution is -0.121. The molecule has 1 aliphatic heterocycles. The van der Waals surface area contributed by atoms with E-state index in [1.165, 1.54) is 5.56 Å². The van der Waals surface area contributed by atoms with Crippen LogP contribution < -0.4 is 5.43 Å². The van der Waals surface area contributed by atoms with Gasteiger partial charge in [0.2, 0.25) is 5.91 Å². The molecule has 5 nitrogen and oxygen atoms in total. The van der Waals surface area contributed by atoms with E-state index >= 15 is 0 Å². The lowest BCUT2D eigenvalue weighted by atomic mass is 9.83. The fourth-order valence-electron chi connectivity index (χ4n) is 3.60. The molecule has 1 saturated heterocycles. The van der Waals surface area contributed by atoms with Crippen molar-refractivity contribution in [1.29, 1.82) is 0 Å². The Labute approximate surface area is 143 Å². The van der Waals surface area contributed by atoms with Crippen LogP contribution in [0.4, 0.5) is 0 Å². The number of amides is 1. The second-order valence-electron chi connectivity index (χ2n) is 6.87. The molecule has 0 aromatic heterocycles. The fourth-order valence-corrected chi connectivity index (χ4v) is 5.47. The molecule has 0 radical (unpaired) electrons. The van der Waals surface area contributed by atoms with Crippen molar-refractivity contribution < 1.29 is 13.2 Å². The maximum atomic E-state index is 11.9. The molecule has 3 rings (SSSR count). The molecule has 6 heteroatoms. The van der Waals surface area contributed by atoms with Crippen molar-refractivity contribution in [3.8, 4) is 0 Å². The predicted molar refractivity (Wildman–Crippen MR) is 94.6 cm³/mol. The van der Waals surface area contributed by atoms with Crippen molar-refractivity contribution in [3.05, 3.63) is 35.9 Å². The van der Waals surface area contributed by atoms with E-state index in [1.807, 2.05) is 6.07 Å². The fraction of sp³-hybridized carbons (Fsp3) is 0.556. The third-order valence-corrected chi connectivity index (χ3v) is 6.81. The SMILES string of the molecule is O=C(C[C@@H]1CCS(=O)(=O)C1)NN=C1CCC(c2ccccc2)CC1. The quantitative estimate of drug-likeness (QED) is 0.850. The van der Waals surface area contributed by atoms with Crippen molar-refractivity contribution in [2.24, 2.45) is 11.0 Å². The summed E-state index contributed by atoms with van der Waals surface area (Å²) in [6.07, 6.45) is 4.75. The van der Waals surface area contributed by atoms with E-state index < -0.39 is 9.84 Å². The first kappa shape index (κ1) is 17.1. The summed E-state index contributed by atoms with van der Waals surface area (Å²) in [6, 6.07) is 10.5. The summed E-state index contributed by atoms with van der Waals surface area (Å²) >= 11 is 0. The number of nitrogens with one attached hydrogen (secondary N) is 1. The molecular weight excluding hydrogens is 324 g/mol. The Morgan fingerprint density at radius 3 is 2.46 bits per heavy atom. The molecule has 1 N–H and O–H groups in total. The smallest absolute Gasteiger partial charge is 0.240 e. The highest BCUT2D eigenvalue weighted by molar-refractivity contribution is 7.91. The summed E-state index contributed by atoms with van der Waals surface area (Å²) in [5.41, 5.74) is 5.03. The van der Waals surface area contributed by atoms with E-state index in [0.29, 0.717) is 12.3 Å². The van der Waals surface area contributed by atoms with Crippen molar-refractivity contribution >= 4 is 21.5 Å². The van der Waals surface area contributed by atoms with Crippen LogP contribution in [0.3, 0.4) is 0 Å². The highest BCUT2D eigenvalue weighted by atomic mass is 32.2. The Balaban J connectivity index is 1.44. The van der Waals surface area contributed by atoms with Crippen molar-refractivity contribution in [2.45, 2.75) is 44.4 Å². The molecule has 1 aromatic carbocycles. The highest BCUT2D eigenvalue weighted by Gasteiger charge is 2.29. The van der Waals surface area contributed by atoms with Gasteiger partial charge in [0, 0.05) is 12.1 Å². The number of carbonyl (C=O) groups excluding carboxylic acids is 1. The Morgan fingerprint density at radius 2 is 1.83 bits per heavy atom. The van der Waals surface area contributed by atoms with Gasteiger partial charge in [0.05, 0.1) is 11.5 Å². The molecule has 1 aliphatic carbocycles. The monoisotopic (exact) mass is 348 g/mol. The van der Waals surface area contributed by atoms with Crippen molar-refractivity contribution in [2.75, 3.05) is 11.5 Å². The van der Waals surface area contributed by atoms with Gasteiger partial charge >= 0.3 is 0 Å². The molecule has 1 saturated carbocycles. The van der Waals surface area contributed by atoms with Crippen LogP contribution in [0.15, 0.2) is 35.4 Å². The third kappa shape index (κ3) is 4.66. The van der Waals surface area contributed by atoms with Crippen molar-refractivity contribution in [1.82, 2.24) is 5.43 Å². The molecule has 2 fully saturated rings. The number of hydrogen-bond acceptors (Lipinski definition) is 4. The number of hydrogen-bond donors (Lipinski definition) is 1. The summed E-state index contributed by atoms with van der Waals surface area (Å²) < 4.78 is 22.8. The Kier molecular flexibility index (Phi) is 5.33. The van der Waals surface area contributed by atoms with E-state index in [0.717, 1.165) is 31.4 Å². The van der Waals surface area contributed by atoms with Crippen LogP contribution in [0.2, 0.25) is 0 Å². The van der Waals surface area contributed by atoms with Gasteiger partial charge < -0.3 is 0 Å². The number of sulfone groups is 1. The van der Waals surface area contributed by atoms with Gasteiger partial charge in [-0.25, -0.2) is 13.8 Å². The van der Waals surface area contributed by atoms with Gasteiger partial charge in [-0.1, -0.05) is 30.3 Å². The first-order chi connectivity index (χ1) is 11.5. The van der Waals surface area contributed by atoms with Gasteiger partial charge in [-0.2, -0.15) is 5.10 Å². The zero-order chi connectivity index (χ0) is 17.0. The molecule has 1 atom stereocenters. The minimum absolute atomic E-state index is 0.0518. The van der Waals surface area contributed by atoms with E-state index in [1.54, 1.807) is 0 Å². The van der Waals surface area contributed by atoms with Crippen LogP contribution in [0, 0.1) is 5.92 Å². The Morgan fingerprint density at radius 1 is 1.12 bits per heavy atom. The first-order valence-electron chi connectivity index (χ1n) is 8.61. The van der Waals surface area contributed by atoms with Gasteiger partial charge in [-0.15, -0.1) is 0 Å². The van der Waals surface area contributed by atoms with Gasteiger partial charge in [-0.05, 0) is 49.5 Å². The van der Waals surface area contributed by atoms with Crippen LogP contribution in [-0.4, -0.2) is 31.5 Å². The summed E-state index contributed by atoms with van der Waals surface area (Å²) in [7, 11) is -2.92. The standard InChI is InChI=1S/C18H24N2O3S/c21-18(12-14-10-11-24(22,23)13-14)20-19-17-8-6-16(7-9-17)15-4-2-1-3-5-15/h1-5,14,16H,6-13H2,(H,20,21)/t14-,16?/m0/s1. The molecule has 1 aromatic rings. The van der Waals surface area contributed by atoms with E-state index in [2.05, 4.69) is 34.8 Å². The molecule has 0 unspecified atom stereocenters. The van der Waals surface area contributed by atoms with Crippen LogP contribution in [0.1, 0.15) is 50.0 Å². The summed E-state index contributed by atoms with van der Waals surface area (Å²) in [6.45, 7) is 0. The predicted octanol–water partition coefficient (Wildman–Crippen LogP) is 2.64. The van der Waals surface area contributed by atoms with Crippen LogP contribution >= 0.6 is 0 Å². The van der Waals surface area contributed by atoms with Crippen LogP contribution in [0.25, 0.3) is 0 Å². The Hall–Kier alpha value is -1.69. The molecule has 1 heterocycles. The lowest BCUT2D eigenvalue weighted by Crippen LogP contribution is -2.24. The average molecular weight is 348 g/mol. The van der Waals surface area contributed by atoms with Crippen LogP contribution in [0.5, 0.6) is 0 Å². The number of rotatable bonds is 4. The molecule has 130 valence electrons. The molecule has 0 bridgehead atoms. The number of hydrazone groups is 1. The maximum absolute atomic E-state index is 11.9. The largest absolute Gasteiger partial charge is 0.273 e.